The Labute approximate surface area is 89.3 Å². The molecule has 0 saturated heterocycles. The van der Waals surface area contributed by atoms with E-state index in [9.17, 15) is 8.42 Å². The van der Waals surface area contributed by atoms with Gasteiger partial charge in [-0.2, -0.15) is 5.10 Å². The van der Waals surface area contributed by atoms with E-state index in [1.54, 1.807) is 13.8 Å². The fraction of sp³-hybridized carbons (Fsp3) is 0.444. The number of nitrogens with zero attached hydrogens (tertiary/aromatic N) is 1. The lowest BCUT2D eigenvalue weighted by Gasteiger charge is -2.02. The molecule has 0 fully saturated rings. The van der Waals surface area contributed by atoms with Crippen molar-refractivity contribution in [3.8, 4) is 11.8 Å². The number of aryl methyl sites for hydroxylation is 1. The maximum atomic E-state index is 11.7. The quantitative estimate of drug-likeness (QED) is 0.578. The summed E-state index contributed by atoms with van der Waals surface area (Å²) < 4.78 is 25.8. The van der Waals surface area contributed by atoms with Crippen molar-refractivity contribution in [1.29, 1.82) is 0 Å². The van der Waals surface area contributed by atoms with Gasteiger partial charge in [0.2, 0.25) is 10.0 Å². The second-order valence-corrected chi connectivity index (χ2v) is 4.67. The van der Waals surface area contributed by atoms with Crippen LogP contribution in [0, 0.1) is 18.8 Å². The van der Waals surface area contributed by atoms with Crippen molar-refractivity contribution < 1.29 is 8.42 Å². The number of H-pyrrole nitrogens is 1. The summed E-state index contributed by atoms with van der Waals surface area (Å²) in [6.07, 6.45) is 1.80. The van der Waals surface area contributed by atoms with Crippen LogP contribution < -0.4 is 4.72 Å². The first kappa shape index (κ1) is 11.8. The van der Waals surface area contributed by atoms with Gasteiger partial charge in [-0.1, -0.05) is 0 Å². The molecule has 0 radical (unpaired) electrons. The van der Waals surface area contributed by atoms with Crippen molar-refractivity contribution in [1.82, 2.24) is 14.9 Å². The van der Waals surface area contributed by atoms with Crippen LogP contribution in [0.3, 0.4) is 0 Å². The molecule has 15 heavy (non-hydrogen) atoms. The van der Waals surface area contributed by atoms with Crippen molar-refractivity contribution in [2.24, 2.45) is 0 Å². The zero-order valence-electron chi connectivity index (χ0n) is 8.66. The molecular weight excluding hydrogens is 214 g/mol. The van der Waals surface area contributed by atoms with E-state index in [0.717, 1.165) is 0 Å². The summed E-state index contributed by atoms with van der Waals surface area (Å²) in [5.41, 5.74) is 0.532. The summed E-state index contributed by atoms with van der Waals surface area (Å²) >= 11 is 0. The SMILES string of the molecule is CC#CCCNS(=O)(=O)c1cn[nH]c1C. The summed E-state index contributed by atoms with van der Waals surface area (Å²) in [6.45, 7) is 3.69. The Morgan fingerprint density at radius 2 is 2.33 bits per heavy atom. The Balaban J connectivity index is 2.67. The minimum atomic E-state index is -3.44. The molecule has 0 atom stereocenters. The van der Waals surface area contributed by atoms with Gasteiger partial charge in [-0.15, -0.1) is 11.8 Å². The Bertz CT molecular complexity index is 479. The summed E-state index contributed by atoms with van der Waals surface area (Å²) in [6, 6.07) is 0. The molecular formula is C9H13N3O2S. The number of rotatable bonds is 4. The van der Waals surface area contributed by atoms with Crippen LogP contribution in [0.1, 0.15) is 19.0 Å². The second kappa shape index (κ2) is 4.96. The van der Waals surface area contributed by atoms with E-state index in [1.807, 2.05) is 0 Å². The minimum absolute atomic E-state index is 0.187. The summed E-state index contributed by atoms with van der Waals surface area (Å²) in [5, 5.41) is 6.24. The van der Waals surface area contributed by atoms with Crippen LogP contribution in [0.15, 0.2) is 11.1 Å². The molecule has 1 heterocycles. The Morgan fingerprint density at radius 1 is 1.60 bits per heavy atom. The molecule has 0 aliphatic carbocycles. The van der Waals surface area contributed by atoms with Crippen molar-refractivity contribution >= 4 is 10.0 Å². The van der Waals surface area contributed by atoms with Gasteiger partial charge in [0, 0.05) is 13.0 Å². The van der Waals surface area contributed by atoms with E-state index >= 15 is 0 Å². The molecule has 0 aliphatic heterocycles. The third-order valence-corrected chi connectivity index (χ3v) is 3.37. The van der Waals surface area contributed by atoms with Gasteiger partial charge in [0.15, 0.2) is 0 Å². The van der Waals surface area contributed by atoms with Crippen molar-refractivity contribution in [3.05, 3.63) is 11.9 Å². The largest absolute Gasteiger partial charge is 0.281 e. The standard InChI is InChI=1S/C9H13N3O2S/c1-3-4-5-6-11-15(13,14)9-7-10-12-8(9)2/h7,11H,5-6H2,1-2H3,(H,10,12). The van der Waals surface area contributed by atoms with Crippen molar-refractivity contribution in [2.75, 3.05) is 6.54 Å². The van der Waals surface area contributed by atoms with E-state index in [-0.39, 0.29) is 4.90 Å². The predicted octanol–water partition coefficient (Wildman–Crippen LogP) is 0.410. The van der Waals surface area contributed by atoms with E-state index in [0.29, 0.717) is 18.7 Å². The monoisotopic (exact) mass is 227 g/mol. The third-order valence-electron chi connectivity index (χ3n) is 1.79. The van der Waals surface area contributed by atoms with E-state index in [1.165, 1.54) is 6.20 Å². The molecule has 1 aromatic heterocycles. The second-order valence-electron chi connectivity index (χ2n) is 2.93. The molecule has 1 aromatic rings. The number of hydrogen-bond acceptors (Lipinski definition) is 3. The van der Waals surface area contributed by atoms with Crippen LogP contribution in [0.25, 0.3) is 0 Å². The lowest BCUT2D eigenvalue weighted by Crippen LogP contribution is -2.24. The number of aromatic amines is 1. The molecule has 82 valence electrons. The first-order valence-corrected chi connectivity index (χ1v) is 5.95. The summed E-state index contributed by atoms with van der Waals surface area (Å²) in [4.78, 5) is 0.187. The van der Waals surface area contributed by atoms with Crippen LogP contribution >= 0.6 is 0 Å². The lowest BCUT2D eigenvalue weighted by molar-refractivity contribution is 0.582. The molecule has 0 aliphatic rings. The molecule has 0 spiro atoms. The normalized spacial score (nSPS) is 10.8. The van der Waals surface area contributed by atoms with Gasteiger partial charge in [0.1, 0.15) is 4.90 Å². The van der Waals surface area contributed by atoms with Gasteiger partial charge >= 0.3 is 0 Å². The van der Waals surface area contributed by atoms with Crippen LogP contribution in [0.5, 0.6) is 0 Å². The average molecular weight is 227 g/mol. The van der Waals surface area contributed by atoms with Crippen LogP contribution in [0.2, 0.25) is 0 Å². The molecule has 5 nitrogen and oxygen atoms in total. The van der Waals surface area contributed by atoms with E-state index in [4.69, 9.17) is 0 Å². The number of hydrogen-bond donors (Lipinski definition) is 2. The Kier molecular flexibility index (Phi) is 3.88. The van der Waals surface area contributed by atoms with Gasteiger partial charge < -0.3 is 0 Å². The predicted molar refractivity (Wildman–Crippen MR) is 56.6 cm³/mol. The molecule has 6 heteroatoms. The van der Waals surface area contributed by atoms with Gasteiger partial charge in [-0.3, -0.25) is 5.10 Å². The fourth-order valence-electron chi connectivity index (χ4n) is 1.06. The Morgan fingerprint density at radius 3 is 2.87 bits per heavy atom. The first-order valence-electron chi connectivity index (χ1n) is 4.47. The highest BCUT2D eigenvalue weighted by Gasteiger charge is 2.17. The average Bonchev–Trinajstić information content (AvgIpc) is 2.60. The highest BCUT2D eigenvalue weighted by atomic mass is 32.2. The van der Waals surface area contributed by atoms with Crippen molar-refractivity contribution in [3.63, 3.8) is 0 Å². The third kappa shape index (κ3) is 3.08. The van der Waals surface area contributed by atoms with Gasteiger partial charge in [-0.05, 0) is 13.8 Å². The lowest BCUT2D eigenvalue weighted by atomic mass is 10.4. The number of aromatic nitrogens is 2. The Hall–Kier alpha value is -1.32. The summed E-state index contributed by atoms with van der Waals surface area (Å²) in [7, 11) is -3.44. The van der Waals surface area contributed by atoms with Gasteiger partial charge in [0.25, 0.3) is 0 Å². The van der Waals surface area contributed by atoms with E-state index < -0.39 is 10.0 Å². The maximum Gasteiger partial charge on any atom is 0.243 e. The minimum Gasteiger partial charge on any atom is -0.281 e. The molecule has 0 unspecified atom stereocenters. The highest BCUT2D eigenvalue weighted by molar-refractivity contribution is 7.89. The maximum absolute atomic E-state index is 11.7. The van der Waals surface area contributed by atoms with E-state index in [2.05, 4.69) is 26.8 Å². The van der Waals surface area contributed by atoms with Crippen LogP contribution in [-0.4, -0.2) is 25.2 Å². The number of nitrogens with one attached hydrogen (secondary N) is 2. The molecule has 0 aromatic carbocycles. The molecule has 0 bridgehead atoms. The molecule has 0 amide bonds. The topological polar surface area (TPSA) is 74.8 Å². The van der Waals surface area contributed by atoms with Crippen LogP contribution in [-0.2, 0) is 10.0 Å². The highest BCUT2D eigenvalue weighted by Crippen LogP contribution is 2.10. The summed E-state index contributed by atoms with van der Waals surface area (Å²) in [5.74, 6) is 5.48. The zero-order valence-corrected chi connectivity index (χ0v) is 9.48. The molecule has 1 rings (SSSR count). The number of sulfonamides is 1. The van der Waals surface area contributed by atoms with Crippen molar-refractivity contribution in [2.45, 2.75) is 25.2 Å². The molecule has 0 saturated carbocycles. The molecule has 2 N–H and O–H groups in total. The van der Waals surface area contributed by atoms with Gasteiger partial charge in [-0.25, -0.2) is 13.1 Å². The van der Waals surface area contributed by atoms with Crippen LogP contribution in [0.4, 0.5) is 0 Å². The first-order chi connectivity index (χ1) is 7.08. The fourth-order valence-corrected chi connectivity index (χ4v) is 2.23. The smallest absolute Gasteiger partial charge is 0.243 e. The zero-order chi connectivity index (χ0) is 11.3. The van der Waals surface area contributed by atoms with Gasteiger partial charge in [0.05, 0.1) is 11.9 Å².